The predicted octanol–water partition coefficient (Wildman–Crippen LogP) is 3.18. The maximum atomic E-state index is 12.7. The summed E-state index contributed by atoms with van der Waals surface area (Å²) in [6.07, 6.45) is 1.63. The van der Waals surface area contributed by atoms with Crippen LogP contribution in [0.15, 0.2) is 36.1 Å². The third-order valence-electron chi connectivity index (χ3n) is 4.23. The molecule has 146 valence electrons. The van der Waals surface area contributed by atoms with E-state index in [0.717, 1.165) is 5.56 Å². The summed E-state index contributed by atoms with van der Waals surface area (Å²) in [5, 5.41) is 0. The number of carbonyl (C=O) groups excluding carboxylic acids is 2. The minimum absolute atomic E-state index is 0.166. The van der Waals surface area contributed by atoms with E-state index in [4.69, 9.17) is 23.7 Å². The van der Waals surface area contributed by atoms with Crippen LogP contribution in [0.25, 0.3) is 6.08 Å². The Labute approximate surface area is 162 Å². The molecule has 2 aromatic rings. The molecule has 1 aliphatic heterocycles. The number of rotatable bonds is 6. The predicted molar refractivity (Wildman–Crippen MR) is 101 cm³/mol. The summed E-state index contributed by atoms with van der Waals surface area (Å²) < 4.78 is 26.3. The van der Waals surface area contributed by atoms with Crippen molar-refractivity contribution in [3.05, 3.63) is 52.8 Å². The Kier molecular flexibility index (Phi) is 5.65. The fraction of sp³-hybridized carbons (Fsp3) is 0.238. The van der Waals surface area contributed by atoms with Crippen LogP contribution in [0.3, 0.4) is 0 Å². The number of esters is 1. The molecule has 0 saturated heterocycles. The van der Waals surface area contributed by atoms with Crippen LogP contribution < -0.4 is 18.9 Å². The number of Topliss-reactive ketones (excluding diaryl/α,β-unsaturated/α-hetero) is 1. The molecule has 1 heterocycles. The third-order valence-corrected chi connectivity index (χ3v) is 4.23. The summed E-state index contributed by atoms with van der Waals surface area (Å²) in [7, 11) is 4.50. The van der Waals surface area contributed by atoms with Gasteiger partial charge in [0.25, 0.3) is 0 Å². The normalized spacial score (nSPS) is 13.9. The fourth-order valence-electron chi connectivity index (χ4n) is 2.84. The SMILES string of the molecule is COCC(=O)Oc1ccc2c(c1C)O/C(=C\c1ccc(OC)c(OC)c1)C2=O. The quantitative estimate of drug-likeness (QED) is 0.430. The number of fused-ring (bicyclic) bond motifs is 1. The first-order valence-corrected chi connectivity index (χ1v) is 8.48. The van der Waals surface area contributed by atoms with Crippen molar-refractivity contribution in [3.8, 4) is 23.0 Å². The van der Waals surface area contributed by atoms with Gasteiger partial charge in [-0.3, -0.25) is 4.79 Å². The molecule has 7 nitrogen and oxygen atoms in total. The molecule has 7 heteroatoms. The number of allylic oxidation sites excluding steroid dienone is 1. The lowest BCUT2D eigenvalue weighted by Gasteiger charge is -2.10. The van der Waals surface area contributed by atoms with Crippen molar-refractivity contribution in [2.45, 2.75) is 6.92 Å². The van der Waals surface area contributed by atoms with Crippen molar-refractivity contribution in [2.75, 3.05) is 27.9 Å². The van der Waals surface area contributed by atoms with Crippen LogP contribution >= 0.6 is 0 Å². The van der Waals surface area contributed by atoms with E-state index >= 15 is 0 Å². The number of ketones is 1. The Balaban J connectivity index is 1.90. The molecule has 0 saturated carbocycles. The zero-order valence-electron chi connectivity index (χ0n) is 16.0. The molecule has 0 fully saturated rings. The molecular formula is C21H20O7. The van der Waals surface area contributed by atoms with E-state index < -0.39 is 5.97 Å². The Morgan fingerprint density at radius 3 is 2.43 bits per heavy atom. The first-order chi connectivity index (χ1) is 13.5. The minimum atomic E-state index is -0.532. The smallest absolute Gasteiger partial charge is 0.337 e. The van der Waals surface area contributed by atoms with Gasteiger partial charge in [-0.2, -0.15) is 0 Å². The van der Waals surface area contributed by atoms with Gasteiger partial charge < -0.3 is 23.7 Å². The van der Waals surface area contributed by atoms with Gasteiger partial charge in [-0.25, -0.2) is 4.79 Å². The highest BCUT2D eigenvalue weighted by Crippen LogP contribution is 2.39. The van der Waals surface area contributed by atoms with Crippen molar-refractivity contribution in [1.29, 1.82) is 0 Å². The molecule has 0 spiro atoms. The lowest BCUT2D eigenvalue weighted by atomic mass is 10.1. The third kappa shape index (κ3) is 3.70. The topological polar surface area (TPSA) is 80.3 Å². The summed E-state index contributed by atoms with van der Waals surface area (Å²) in [5.74, 6) is 1.22. The van der Waals surface area contributed by atoms with Crippen LogP contribution in [0.1, 0.15) is 21.5 Å². The summed E-state index contributed by atoms with van der Waals surface area (Å²) in [5.41, 5.74) is 1.69. The Morgan fingerprint density at radius 1 is 1.04 bits per heavy atom. The van der Waals surface area contributed by atoms with Gasteiger partial charge in [0.15, 0.2) is 17.3 Å². The van der Waals surface area contributed by atoms with E-state index in [9.17, 15) is 9.59 Å². The van der Waals surface area contributed by atoms with Gasteiger partial charge in [0.2, 0.25) is 5.78 Å². The maximum absolute atomic E-state index is 12.7. The van der Waals surface area contributed by atoms with E-state index in [1.54, 1.807) is 50.4 Å². The average Bonchev–Trinajstić information content (AvgIpc) is 3.00. The molecule has 0 amide bonds. The van der Waals surface area contributed by atoms with Crippen LogP contribution in [-0.4, -0.2) is 39.7 Å². The molecular weight excluding hydrogens is 364 g/mol. The van der Waals surface area contributed by atoms with Gasteiger partial charge in [-0.15, -0.1) is 0 Å². The molecule has 0 aliphatic carbocycles. The molecule has 0 atom stereocenters. The fourth-order valence-corrected chi connectivity index (χ4v) is 2.84. The van der Waals surface area contributed by atoms with E-state index in [1.165, 1.54) is 14.2 Å². The Morgan fingerprint density at radius 2 is 1.75 bits per heavy atom. The molecule has 0 unspecified atom stereocenters. The van der Waals surface area contributed by atoms with Crippen molar-refractivity contribution in [1.82, 2.24) is 0 Å². The van der Waals surface area contributed by atoms with Crippen molar-refractivity contribution >= 4 is 17.8 Å². The van der Waals surface area contributed by atoms with Gasteiger partial charge in [0.05, 0.1) is 19.8 Å². The van der Waals surface area contributed by atoms with Crippen molar-refractivity contribution in [2.24, 2.45) is 0 Å². The monoisotopic (exact) mass is 384 g/mol. The number of hydrogen-bond acceptors (Lipinski definition) is 7. The highest BCUT2D eigenvalue weighted by molar-refractivity contribution is 6.15. The molecule has 0 N–H and O–H groups in total. The second kappa shape index (κ2) is 8.14. The lowest BCUT2D eigenvalue weighted by molar-refractivity contribution is -0.138. The summed E-state index contributed by atoms with van der Waals surface area (Å²) in [6.45, 7) is 1.56. The minimum Gasteiger partial charge on any atom is -0.493 e. The number of methoxy groups -OCH3 is 3. The van der Waals surface area contributed by atoms with Crippen LogP contribution in [0.5, 0.6) is 23.0 Å². The average molecular weight is 384 g/mol. The summed E-state index contributed by atoms with van der Waals surface area (Å²) >= 11 is 0. The van der Waals surface area contributed by atoms with Crippen molar-refractivity contribution < 1.29 is 33.3 Å². The van der Waals surface area contributed by atoms with Crippen molar-refractivity contribution in [3.63, 3.8) is 0 Å². The Hall–Kier alpha value is -3.32. The van der Waals surface area contributed by atoms with Crippen LogP contribution in [0.2, 0.25) is 0 Å². The zero-order valence-corrected chi connectivity index (χ0v) is 16.0. The second-order valence-corrected chi connectivity index (χ2v) is 6.03. The second-order valence-electron chi connectivity index (χ2n) is 6.03. The van der Waals surface area contributed by atoms with Crippen LogP contribution in [0, 0.1) is 6.92 Å². The summed E-state index contributed by atoms with van der Waals surface area (Å²) in [6, 6.07) is 8.43. The van der Waals surface area contributed by atoms with Gasteiger partial charge >= 0.3 is 5.97 Å². The highest BCUT2D eigenvalue weighted by Gasteiger charge is 2.30. The van der Waals surface area contributed by atoms with Gasteiger partial charge in [-0.05, 0) is 42.8 Å². The first kappa shape index (κ1) is 19.4. The molecule has 1 aliphatic rings. The van der Waals surface area contributed by atoms with E-state index in [-0.39, 0.29) is 18.1 Å². The van der Waals surface area contributed by atoms with E-state index in [1.807, 2.05) is 0 Å². The number of hydrogen-bond donors (Lipinski definition) is 0. The molecule has 3 rings (SSSR count). The van der Waals surface area contributed by atoms with Gasteiger partial charge in [0, 0.05) is 12.7 Å². The van der Waals surface area contributed by atoms with Gasteiger partial charge in [-0.1, -0.05) is 6.07 Å². The molecule has 2 aromatic carbocycles. The van der Waals surface area contributed by atoms with Gasteiger partial charge in [0.1, 0.15) is 18.1 Å². The number of benzene rings is 2. The van der Waals surface area contributed by atoms with E-state index in [0.29, 0.717) is 34.1 Å². The molecule has 0 radical (unpaired) electrons. The largest absolute Gasteiger partial charge is 0.493 e. The lowest BCUT2D eigenvalue weighted by Crippen LogP contribution is -2.14. The first-order valence-electron chi connectivity index (χ1n) is 8.48. The number of carbonyl (C=O) groups is 2. The molecule has 28 heavy (non-hydrogen) atoms. The van der Waals surface area contributed by atoms with E-state index in [2.05, 4.69) is 0 Å². The Bertz CT molecular complexity index is 959. The number of ether oxygens (including phenoxy) is 5. The maximum Gasteiger partial charge on any atom is 0.337 e. The molecule has 0 bridgehead atoms. The van der Waals surface area contributed by atoms with Crippen LogP contribution in [-0.2, 0) is 9.53 Å². The summed E-state index contributed by atoms with van der Waals surface area (Å²) in [4.78, 5) is 24.3. The highest BCUT2D eigenvalue weighted by atomic mass is 16.6. The van der Waals surface area contributed by atoms with Crippen LogP contribution in [0.4, 0.5) is 0 Å². The zero-order chi connectivity index (χ0) is 20.3. The standard InChI is InChI=1S/C21H20O7/c1-12-15(27-19(22)11-24-2)8-6-14-20(23)18(28-21(12)14)10-13-5-7-16(25-3)17(9-13)26-4/h5-10H,11H2,1-4H3/b18-10-. The molecule has 0 aromatic heterocycles.